The highest BCUT2D eigenvalue weighted by atomic mass is 79.9. The lowest BCUT2D eigenvalue weighted by Crippen LogP contribution is -2.05. The first-order valence-corrected chi connectivity index (χ1v) is 6.22. The zero-order chi connectivity index (χ0) is 12.3. The topological polar surface area (TPSA) is 46.0 Å². The van der Waals surface area contributed by atoms with Gasteiger partial charge in [-0.2, -0.15) is 0 Å². The van der Waals surface area contributed by atoms with Gasteiger partial charge in [-0.1, -0.05) is 11.6 Å². The minimum atomic E-state index is -0.689. The Hall–Kier alpha value is -0.970. The fourth-order valence-corrected chi connectivity index (χ4v) is 2.23. The van der Waals surface area contributed by atoms with Gasteiger partial charge in [-0.15, -0.1) is 0 Å². The first-order chi connectivity index (χ1) is 8.18. The second kappa shape index (κ2) is 5.58. The summed E-state index contributed by atoms with van der Waals surface area (Å²) in [6.45, 7) is 0. The van der Waals surface area contributed by atoms with Crippen molar-refractivity contribution in [3.63, 3.8) is 0 Å². The lowest BCUT2D eigenvalue weighted by atomic mass is 10.1. The molecule has 2 aromatic rings. The molecule has 17 heavy (non-hydrogen) atoms. The van der Waals surface area contributed by atoms with E-state index in [2.05, 4.69) is 25.9 Å². The van der Waals surface area contributed by atoms with Gasteiger partial charge in [0.15, 0.2) is 0 Å². The smallest absolute Gasteiger partial charge is 0.101 e. The molecule has 0 aliphatic rings. The predicted octanol–water partition coefficient (Wildman–Crippen LogP) is 3.17. The third-order valence-corrected chi connectivity index (χ3v) is 3.38. The van der Waals surface area contributed by atoms with Crippen LogP contribution >= 0.6 is 27.5 Å². The van der Waals surface area contributed by atoms with E-state index in [1.54, 1.807) is 30.7 Å². The predicted molar refractivity (Wildman–Crippen MR) is 69.8 cm³/mol. The molecule has 1 N–H and O–H groups in total. The molecule has 1 unspecified atom stereocenters. The van der Waals surface area contributed by atoms with Crippen molar-refractivity contribution < 1.29 is 5.11 Å². The average molecular weight is 314 g/mol. The number of aromatic nitrogens is 2. The lowest BCUT2D eigenvalue weighted by molar-refractivity contribution is 0.173. The minimum absolute atomic E-state index is 0.414. The molecule has 0 aliphatic heterocycles. The molecule has 0 bridgehead atoms. The number of hydrogen-bond acceptors (Lipinski definition) is 3. The number of hydrogen-bond donors (Lipinski definition) is 1. The van der Waals surface area contributed by atoms with E-state index in [1.165, 1.54) is 0 Å². The van der Waals surface area contributed by atoms with E-state index in [0.29, 0.717) is 17.1 Å². The van der Waals surface area contributed by atoms with Crippen molar-refractivity contribution in [3.8, 4) is 0 Å². The Balaban J connectivity index is 2.20. The van der Waals surface area contributed by atoms with Crippen LogP contribution in [0.2, 0.25) is 5.02 Å². The number of aliphatic hydroxyl groups is 1. The second-order valence-electron chi connectivity index (χ2n) is 3.56. The van der Waals surface area contributed by atoms with E-state index < -0.39 is 6.10 Å². The highest BCUT2D eigenvalue weighted by Gasteiger charge is 2.14. The Kier molecular flexibility index (Phi) is 4.10. The molecule has 0 amide bonds. The van der Waals surface area contributed by atoms with Crippen LogP contribution in [0.3, 0.4) is 0 Å². The van der Waals surface area contributed by atoms with E-state index in [-0.39, 0.29) is 0 Å². The fraction of sp³-hybridized carbons (Fsp3) is 0.167. The molecule has 0 saturated heterocycles. The molecule has 0 aliphatic carbocycles. The van der Waals surface area contributed by atoms with Crippen molar-refractivity contribution in [2.75, 3.05) is 0 Å². The summed E-state index contributed by atoms with van der Waals surface area (Å²) >= 11 is 9.35. The van der Waals surface area contributed by atoms with Gasteiger partial charge in [0.2, 0.25) is 0 Å². The Labute approximate surface area is 113 Å². The summed E-state index contributed by atoms with van der Waals surface area (Å²) in [6, 6.07) is 5.45. The molecule has 5 heteroatoms. The Morgan fingerprint density at radius 3 is 2.88 bits per heavy atom. The SMILES string of the molecule is OC(Cc1ccncc1Cl)c1ncccc1Br. The zero-order valence-electron chi connectivity index (χ0n) is 8.85. The third kappa shape index (κ3) is 3.03. The van der Waals surface area contributed by atoms with E-state index in [0.717, 1.165) is 10.0 Å². The molecule has 0 saturated carbocycles. The van der Waals surface area contributed by atoms with Crippen LogP contribution in [0.4, 0.5) is 0 Å². The molecule has 2 aromatic heterocycles. The fourth-order valence-electron chi connectivity index (χ4n) is 1.52. The molecule has 0 radical (unpaired) electrons. The summed E-state index contributed by atoms with van der Waals surface area (Å²) in [5.74, 6) is 0. The van der Waals surface area contributed by atoms with Crippen molar-refractivity contribution in [3.05, 3.63) is 57.5 Å². The third-order valence-electron chi connectivity index (χ3n) is 2.37. The summed E-state index contributed by atoms with van der Waals surface area (Å²) < 4.78 is 0.790. The number of pyridine rings is 2. The Morgan fingerprint density at radius 1 is 1.35 bits per heavy atom. The molecule has 2 rings (SSSR count). The van der Waals surface area contributed by atoms with Crippen LogP contribution < -0.4 is 0 Å². The number of rotatable bonds is 3. The van der Waals surface area contributed by atoms with Crippen LogP contribution in [0.15, 0.2) is 41.3 Å². The van der Waals surface area contributed by atoms with Crippen molar-refractivity contribution in [1.29, 1.82) is 0 Å². The van der Waals surface area contributed by atoms with Gasteiger partial charge < -0.3 is 5.11 Å². The van der Waals surface area contributed by atoms with Crippen LogP contribution in [0.1, 0.15) is 17.4 Å². The maximum atomic E-state index is 10.1. The van der Waals surface area contributed by atoms with Crippen molar-refractivity contribution in [2.45, 2.75) is 12.5 Å². The van der Waals surface area contributed by atoms with Gasteiger partial charge in [0, 0.05) is 29.5 Å². The number of halogens is 2. The quantitative estimate of drug-likeness (QED) is 0.946. The summed E-state index contributed by atoms with van der Waals surface area (Å²) in [7, 11) is 0. The molecule has 88 valence electrons. The highest BCUT2D eigenvalue weighted by molar-refractivity contribution is 9.10. The van der Waals surface area contributed by atoms with Gasteiger partial charge in [-0.05, 0) is 39.7 Å². The first-order valence-electron chi connectivity index (χ1n) is 5.05. The number of aliphatic hydroxyl groups excluding tert-OH is 1. The van der Waals surface area contributed by atoms with E-state index in [4.69, 9.17) is 11.6 Å². The molecular weight excluding hydrogens is 304 g/mol. The van der Waals surface area contributed by atoms with Crippen LogP contribution in [-0.2, 0) is 6.42 Å². The van der Waals surface area contributed by atoms with Gasteiger partial charge in [-0.25, -0.2) is 0 Å². The molecule has 0 aromatic carbocycles. The van der Waals surface area contributed by atoms with Crippen molar-refractivity contribution in [2.24, 2.45) is 0 Å². The monoisotopic (exact) mass is 312 g/mol. The Morgan fingerprint density at radius 2 is 2.18 bits per heavy atom. The highest BCUT2D eigenvalue weighted by Crippen LogP contribution is 2.25. The van der Waals surface area contributed by atoms with E-state index >= 15 is 0 Å². The summed E-state index contributed by atoms with van der Waals surface area (Å²) in [5.41, 5.74) is 1.46. The maximum absolute atomic E-state index is 10.1. The molecule has 3 nitrogen and oxygen atoms in total. The summed E-state index contributed by atoms with van der Waals surface area (Å²) in [4.78, 5) is 8.05. The molecular formula is C12H10BrClN2O. The molecule has 2 heterocycles. The maximum Gasteiger partial charge on any atom is 0.101 e. The van der Waals surface area contributed by atoms with E-state index in [9.17, 15) is 5.11 Å². The van der Waals surface area contributed by atoms with Gasteiger partial charge in [0.1, 0.15) is 6.10 Å². The van der Waals surface area contributed by atoms with Crippen LogP contribution in [-0.4, -0.2) is 15.1 Å². The van der Waals surface area contributed by atoms with Gasteiger partial charge in [-0.3, -0.25) is 9.97 Å². The van der Waals surface area contributed by atoms with Gasteiger partial charge in [0.25, 0.3) is 0 Å². The van der Waals surface area contributed by atoms with Crippen LogP contribution in [0.25, 0.3) is 0 Å². The minimum Gasteiger partial charge on any atom is -0.386 e. The van der Waals surface area contributed by atoms with E-state index in [1.807, 2.05) is 6.07 Å². The summed E-state index contributed by atoms with van der Waals surface area (Å²) in [5, 5.41) is 10.7. The largest absolute Gasteiger partial charge is 0.386 e. The average Bonchev–Trinajstić information content (AvgIpc) is 2.32. The first kappa shape index (κ1) is 12.5. The zero-order valence-corrected chi connectivity index (χ0v) is 11.2. The summed E-state index contributed by atoms with van der Waals surface area (Å²) in [6.07, 6.45) is 4.60. The number of nitrogens with zero attached hydrogens (tertiary/aromatic N) is 2. The Bertz CT molecular complexity index is 521. The molecule has 1 atom stereocenters. The van der Waals surface area contributed by atoms with Crippen molar-refractivity contribution in [1.82, 2.24) is 9.97 Å². The standard InChI is InChI=1S/C12H10BrClN2O/c13-9-2-1-4-16-12(9)11(17)6-8-3-5-15-7-10(8)14/h1-5,7,11,17H,6H2. The second-order valence-corrected chi connectivity index (χ2v) is 4.82. The normalized spacial score (nSPS) is 12.4. The van der Waals surface area contributed by atoms with Crippen LogP contribution in [0, 0.1) is 0 Å². The molecule has 0 fully saturated rings. The van der Waals surface area contributed by atoms with Gasteiger partial charge >= 0.3 is 0 Å². The van der Waals surface area contributed by atoms with Crippen molar-refractivity contribution >= 4 is 27.5 Å². The van der Waals surface area contributed by atoms with Gasteiger partial charge in [0.05, 0.1) is 10.7 Å². The lowest BCUT2D eigenvalue weighted by Gasteiger charge is -2.12. The molecule has 0 spiro atoms. The van der Waals surface area contributed by atoms with Crippen LogP contribution in [0.5, 0.6) is 0 Å².